The summed E-state index contributed by atoms with van der Waals surface area (Å²) in [5.41, 5.74) is 5.87. The third kappa shape index (κ3) is 2.60. The summed E-state index contributed by atoms with van der Waals surface area (Å²) in [5.74, 6) is 1.73. The maximum absolute atomic E-state index is 4.64. The van der Waals surface area contributed by atoms with Gasteiger partial charge < -0.3 is 5.32 Å². The van der Waals surface area contributed by atoms with E-state index in [1.165, 1.54) is 16.7 Å². The second-order valence-electron chi connectivity index (χ2n) is 4.86. The van der Waals surface area contributed by atoms with E-state index in [9.17, 15) is 0 Å². The van der Waals surface area contributed by atoms with Gasteiger partial charge in [0.1, 0.15) is 5.82 Å². The van der Waals surface area contributed by atoms with Crippen molar-refractivity contribution in [3.05, 3.63) is 40.6 Å². The molecule has 1 aromatic carbocycles. The van der Waals surface area contributed by atoms with Gasteiger partial charge in [-0.15, -0.1) is 0 Å². The van der Waals surface area contributed by atoms with Crippen LogP contribution in [0.5, 0.6) is 0 Å². The number of nitrogens with one attached hydrogen (secondary N) is 1. The van der Waals surface area contributed by atoms with Crippen LogP contribution < -0.4 is 5.32 Å². The summed E-state index contributed by atoms with van der Waals surface area (Å²) in [4.78, 5) is 9.28. The zero-order valence-corrected chi connectivity index (χ0v) is 12.3. The zero-order valence-electron chi connectivity index (χ0n) is 12.3. The van der Waals surface area contributed by atoms with E-state index in [-0.39, 0.29) is 0 Å². The molecule has 0 atom stereocenters. The highest BCUT2D eigenvalue weighted by Crippen LogP contribution is 2.24. The second kappa shape index (κ2) is 5.39. The van der Waals surface area contributed by atoms with Gasteiger partial charge in [-0.3, -0.25) is 0 Å². The molecule has 0 saturated heterocycles. The van der Waals surface area contributed by atoms with E-state index in [1.807, 2.05) is 14.0 Å². The van der Waals surface area contributed by atoms with Gasteiger partial charge >= 0.3 is 0 Å². The minimum atomic E-state index is 0.794. The largest absolute Gasteiger partial charge is 0.373 e. The Labute approximate surface area is 115 Å². The number of aryl methyl sites for hydroxylation is 3. The van der Waals surface area contributed by atoms with Crippen LogP contribution in [-0.4, -0.2) is 17.0 Å². The van der Waals surface area contributed by atoms with Crippen molar-refractivity contribution in [3.63, 3.8) is 0 Å². The first kappa shape index (κ1) is 13.5. The molecule has 0 amide bonds. The Morgan fingerprint density at radius 3 is 2.37 bits per heavy atom. The predicted molar refractivity (Wildman–Crippen MR) is 80.6 cm³/mol. The fourth-order valence-electron chi connectivity index (χ4n) is 2.24. The highest BCUT2D eigenvalue weighted by molar-refractivity contribution is 5.61. The van der Waals surface area contributed by atoms with Gasteiger partial charge in [0.25, 0.3) is 0 Å². The summed E-state index contributed by atoms with van der Waals surface area (Å²) in [7, 11) is 1.91. The lowest BCUT2D eigenvalue weighted by Gasteiger charge is -2.12. The Balaban J connectivity index is 2.56. The van der Waals surface area contributed by atoms with Crippen molar-refractivity contribution in [1.29, 1.82) is 0 Å². The molecule has 3 heteroatoms. The van der Waals surface area contributed by atoms with Crippen molar-refractivity contribution in [2.75, 3.05) is 12.4 Å². The van der Waals surface area contributed by atoms with Crippen molar-refractivity contribution in [1.82, 2.24) is 9.97 Å². The van der Waals surface area contributed by atoms with E-state index < -0.39 is 0 Å². The average Bonchev–Trinajstić information content (AvgIpc) is 2.40. The Kier molecular flexibility index (Phi) is 3.84. The van der Waals surface area contributed by atoms with Crippen LogP contribution in [0.3, 0.4) is 0 Å². The molecule has 0 fully saturated rings. The summed E-state index contributed by atoms with van der Waals surface area (Å²) in [6, 6.07) is 6.35. The lowest BCUT2D eigenvalue weighted by Crippen LogP contribution is -2.05. The van der Waals surface area contributed by atoms with Crippen LogP contribution in [0.25, 0.3) is 11.4 Å². The van der Waals surface area contributed by atoms with Crippen LogP contribution >= 0.6 is 0 Å². The first-order valence-electron chi connectivity index (χ1n) is 6.69. The van der Waals surface area contributed by atoms with Crippen molar-refractivity contribution in [2.24, 2.45) is 0 Å². The monoisotopic (exact) mass is 255 g/mol. The molecular formula is C16H21N3. The van der Waals surface area contributed by atoms with Gasteiger partial charge in [0.15, 0.2) is 5.82 Å². The Morgan fingerprint density at radius 2 is 1.79 bits per heavy atom. The van der Waals surface area contributed by atoms with Crippen LogP contribution in [0.15, 0.2) is 18.2 Å². The van der Waals surface area contributed by atoms with Gasteiger partial charge in [-0.05, 0) is 44.4 Å². The Bertz CT molecular complexity index is 603. The molecule has 1 aromatic heterocycles. The summed E-state index contributed by atoms with van der Waals surface area (Å²) in [6.07, 6.45) is 0.940. The SMILES string of the molecule is CCc1c(C)nc(-c2ccc(C)c(C)c2)nc1NC. The average molecular weight is 255 g/mol. The van der Waals surface area contributed by atoms with Crippen molar-refractivity contribution >= 4 is 5.82 Å². The number of nitrogens with zero attached hydrogens (tertiary/aromatic N) is 2. The van der Waals surface area contributed by atoms with E-state index in [1.54, 1.807) is 0 Å². The Hall–Kier alpha value is -1.90. The molecule has 0 bridgehead atoms. The topological polar surface area (TPSA) is 37.8 Å². The van der Waals surface area contributed by atoms with Crippen molar-refractivity contribution in [3.8, 4) is 11.4 Å². The van der Waals surface area contributed by atoms with E-state index in [0.717, 1.165) is 29.3 Å². The standard InChI is InChI=1S/C16H21N3/c1-6-14-12(4)18-15(19-16(14)17-5)13-8-7-10(2)11(3)9-13/h7-9H,6H2,1-5H3,(H,17,18,19). The van der Waals surface area contributed by atoms with Gasteiger partial charge in [0.05, 0.1) is 0 Å². The molecule has 2 rings (SSSR count). The highest BCUT2D eigenvalue weighted by Gasteiger charge is 2.10. The maximum Gasteiger partial charge on any atom is 0.161 e. The summed E-state index contributed by atoms with van der Waals surface area (Å²) < 4.78 is 0. The number of anilines is 1. The number of hydrogen-bond donors (Lipinski definition) is 1. The molecule has 3 nitrogen and oxygen atoms in total. The summed E-state index contributed by atoms with van der Waals surface area (Å²) in [5, 5.41) is 3.17. The molecule has 0 spiro atoms. The molecule has 2 aromatic rings. The maximum atomic E-state index is 4.64. The number of hydrogen-bond acceptors (Lipinski definition) is 3. The van der Waals surface area contributed by atoms with Crippen LogP contribution in [0.1, 0.15) is 29.3 Å². The molecule has 1 N–H and O–H groups in total. The van der Waals surface area contributed by atoms with Crippen molar-refractivity contribution in [2.45, 2.75) is 34.1 Å². The molecule has 100 valence electrons. The van der Waals surface area contributed by atoms with Gasteiger partial charge in [0.2, 0.25) is 0 Å². The number of rotatable bonds is 3. The highest BCUT2D eigenvalue weighted by atomic mass is 15.0. The van der Waals surface area contributed by atoms with Crippen molar-refractivity contribution < 1.29 is 0 Å². The first-order chi connectivity index (χ1) is 9.06. The van der Waals surface area contributed by atoms with E-state index in [4.69, 9.17) is 0 Å². The van der Waals surface area contributed by atoms with E-state index >= 15 is 0 Å². The first-order valence-corrected chi connectivity index (χ1v) is 6.69. The molecule has 0 aliphatic rings. The normalized spacial score (nSPS) is 10.6. The summed E-state index contributed by atoms with van der Waals surface area (Å²) in [6.45, 7) is 8.41. The number of benzene rings is 1. The fourth-order valence-corrected chi connectivity index (χ4v) is 2.24. The predicted octanol–water partition coefficient (Wildman–Crippen LogP) is 3.67. The van der Waals surface area contributed by atoms with E-state index in [0.29, 0.717) is 0 Å². The minimum absolute atomic E-state index is 0.794. The Morgan fingerprint density at radius 1 is 1.05 bits per heavy atom. The van der Waals surface area contributed by atoms with Crippen LogP contribution in [0, 0.1) is 20.8 Å². The van der Waals surface area contributed by atoms with Gasteiger partial charge in [-0.2, -0.15) is 0 Å². The lowest BCUT2D eigenvalue weighted by molar-refractivity contribution is 1.00. The van der Waals surface area contributed by atoms with Gasteiger partial charge in [-0.25, -0.2) is 9.97 Å². The fraction of sp³-hybridized carbons (Fsp3) is 0.375. The molecule has 0 unspecified atom stereocenters. The summed E-state index contributed by atoms with van der Waals surface area (Å²) >= 11 is 0. The third-order valence-electron chi connectivity index (χ3n) is 3.57. The number of aromatic nitrogens is 2. The van der Waals surface area contributed by atoms with E-state index in [2.05, 4.69) is 54.3 Å². The third-order valence-corrected chi connectivity index (χ3v) is 3.57. The second-order valence-corrected chi connectivity index (χ2v) is 4.86. The molecule has 19 heavy (non-hydrogen) atoms. The zero-order chi connectivity index (χ0) is 14.0. The minimum Gasteiger partial charge on any atom is -0.373 e. The quantitative estimate of drug-likeness (QED) is 0.909. The molecule has 0 aliphatic carbocycles. The van der Waals surface area contributed by atoms with Crippen LogP contribution in [0.4, 0.5) is 5.82 Å². The smallest absolute Gasteiger partial charge is 0.161 e. The lowest BCUT2D eigenvalue weighted by atomic mass is 10.1. The molecule has 0 saturated carbocycles. The van der Waals surface area contributed by atoms with Crippen LogP contribution in [-0.2, 0) is 6.42 Å². The van der Waals surface area contributed by atoms with Gasteiger partial charge in [0, 0.05) is 23.9 Å². The molecule has 0 aliphatic heterocycles. The van der Waals surface area contributed by atoms with Crippen LogP contribution in [0.2, 0.25) is 0 Å². The molecular weight excluding hydrogens is 234 g/mol. The molecule has 0 radical (unpaired) electrons. The van der Waals surface area contributed by atoms with Gasteiger partial charge in [-0.1, -0.05) is 19.1 Å². The molecule has 1 heterocycles.